The van der Waals surface area contributed by atoms with Gasteiger partial charge in [0.15, 0.2) is 11.5 Å². The second-order valence-corrected chi connectivity index (χ2v) is 8.95. The summed E-state index contributed by atoms with van der Waals surface area (Å²) in [4.78, 5) is 14.4. The lowest BCUT2D eigenvalue weighted by atomic mass is 9.87. The molecule has 0 bridgehead atoms. The summed E-state index contributed by atoms with van der Waals surface area (Å²) in [6, 6.07) is 26.5. The van der Waals surface area contributed by atoms with Crippen LogP contribution in [0.25, 0.3) is 0 Å². The molecule has 0 heterocycles. The predicted molar refractivity (Wildman–Crippen MR) is 140 cm³/mol. The van der Waals surface area contributed by atoms with Crippen LogP contribution < -0.4 is 9.47 Å². The minimum Gasteiger partial charge on any atom is -0.493 e. The molecule has 3 aromatic carbocycles. The molecule has 0 saturated heterocycles. The lowest BCUT2D eigenvalue weighted by molar-refractivity contribution is -0.138. The first-order chi connectivity index (χ1) is 17.0. The molecular weight excluding hydrogens is 438 g/mol. The summed E-state index contributed by atoms with van der Waals surface area (Å²) < 4.78 is 10.9. The van der Waals surface area contributed by atoms with Gasteiger partial charge in [-0.25, -0.2) is 0 Å². The molecule has 3 aromatic rings. The number of carboxylic acids is 1. The Morgan fingerprint density at radius 3 is 2.09 bits per heavy atom. The highest BCUT2D eigenvalue weighted by molar-refractivity contribution is 5.67. The number of nitrogens with zero attached hydrogens (tertiary/aromatic N) is 1. The molecule has 3 rings (SSSR count). The Balaban J connectivity index is 1.97. The van der Waals surface area contributed by atoms with Gasteiger partial charge >= 0.3 is 5.97 Å². The summed E-state index contributed by atoms with van der Waals surface area (Å²) in [7, 11) is 3.27. The highest BCUT2D eigenvalue weighted by Crippen LogP contribution is 2.36. The van der Waals surface area contributed by atoms with E-state index < -0.39 is 5.97 Å². The highest BCUT2D eigenvalue weighted by Gasteiger charge is 2.29. The summed E-state index contributed by atoms with van der Waals surface area (Å²) in [5.41, 5.74) is 3.48. The van der Waals surface area contributed by atoms with E-state index in [4.69, 9.17) is 9.47 Å². The molecule has 0 fully saturated rings. The van der Waals surface area contributed by atoms with Crippen LogP contribution in [0.5, 0.6) is 11.5 Å². The van der Waals surface area contributed by atoms with Crippen molar-refractivity contribution in [3.63, 3.8) is 0 Å². The van der Waals surface area contributed by atoms with Crippen molar-refractivity contribution >= 4 is 5.97 Å². The van der Waals surface area contributed by atoms with Crippen LogP contribution in [0.15, 0.2) is 78.9 Å². The van der Waals surface area contributed by atoms with E-state index in [0.29, 0.717) is 18.0 Å². The predicted octanol–water partition coefficient (Wildman–Crippen LogP) is 6.69. The Kier molecular flexibility index (Phi) is 9.74. The maximum atomic E-state index is 12.1. The van der Waals surface area contributed by atoms with Crippen molar-refractivity contribution in [3.05, 3.63) is 95.6 Å². The van der Waals surface area contributed by atoms with Crippen molar-refractivity contribution in [2.75, 3.05) is 14.2 Å². The van der Waals surface area contributed by atoms with Crippen LogP contribution in [0.1, 0.15) is 61.8 Å². The number of methoxy groups -OCH3 is 2. The van der Waals surface area contributed by atoms with Crippen LogP contribution in [0, 0.1) is 0 Å². The molecule has 0 aromatic heterocycles. The van der Waals surface area contributed by atoms with Crippen molar-refractivity contribution in [3.8, 4) is 11.5 Å². The average molecular weight is 476 g/mol. The van der Waals surface area contributed by atoms with E-state index in [2.05, 4.69) is 49.1 Å². The number of rotatable bonds is 13. The summed E-state index contributed by atoms with van der Waals surface area (Å²) >= 11 is 0. The van der Waals surface area contributed by atoms with Gasteiger partial charge < -0.3 is 14.6 Å². The smallest absolute Gasteiger partial charge is 0.304 e. The molecule has 3 unspecified atom stereocenters. The Morgan fingerprint density at radius 2 is 1.51 bits per heavy atom. The highest BCUT2D eigenvalue weighted by atomic mass is 16.5. The third-order valence-corrected chi connectivity index (χ3v) is 6.80. The van der Waals surface area contributed by atoms with Crippen LogP contribution in [-0.4, -0.2) is 36.2 Å². The largest absolute Gasteiger partial charge is 0.493 e. The first-order valence-electron chi connectivity index (χ1n) is 12.2. The van der Waals surface area contributed by atoms with Gasteiger partial charge in [-0.05, 0) is 54.5 Å². The molecular formula is C30H37NO4. The molecule has 3 atom stereocenters. The Morgan fingerprint density at radius 1 is 0.886 bits per heavy atom. The molecule has 5 heteroatoms. The second-order valence-electron chi connectivity index (χ2n) is 8.95. The number of carboxylic acid groups (broad SMARTS) is 1. The molecule has 186 valence electrons. The minimum absolute atomic E-state index is 0.0589. The number of aliphatic carboxylic acids is 1. The molecule has 0 aliphatic rings. The van der Waals surface area contributed by atoms with E-state index in [0.717, 1.165) is 18.4 Å². The van der Waals surface area contributed by atoms with Crippen molar-refractivity contribution in [1.29, 1.82) is 0 Å². The van der Waals surface area contributed by atoms with Gasteiger partial charge in [0.25, 0.3) is 0 Å². The lowest BCUT2D eigenvalue weighted by Crippen LogP contribution is -2.39. The normalized spacial score (nSPS) is 13.7. The fraction of sp³-hybridized carbons (Fsp3) is 0.367. The number of hydrogen-bond donors (Lipinski definition) is 1. The zero-order chi connectivity index (χ0) is 25.2. The van der Waals surface area contributed by atoms with Crippen molar-refractivity contribution in [2.45, 2.75) is 57.7 Å². The SMILES string of the molecule is CCC(CC(CC(=O)O)N(Cc1ccccc1)C(C)c1ccccc1)c1ccc(OC)c(OC)c1. The van der Waals surface area contributed by atoms with Gasteiger partial charge in [-0.3, -0.25) is 9.69 Å². The van der Waals surface area contributed by atoms with Gasteiger partial charge in [0.05, 0.1) is 20.6 Å². The first-order valence-corrected chi connectivity index (χ1v) is 12.2. The molecule has 0 amide bonds. The fourth-order valence-corrected chi connectivity index (χ4v) is 4.81. The molecule has 0 saturated carbocycles. The van der Waals surface area contributed by atoms with E-state index in [1.807, 2.05) is 48.5 Å². The minimum atomic E-state index is -0.782. The maximum absolute atomic E-state index is 12.1. The quantitative estimate of drug-likeness (QED) is 0.298. The van der Waals surface area contributed by atoms with Crippen LogP contribution in [-0.2, 0) is 11.3 Å². The molecule has 1 N–H and O–H groups in total. The molecule has 0 spiro atoms. The Hall–Kier alpha value is -3.31. The Bertz CT molecular complexity index is 1050. The van der Waals surface area contributed by atoms with Gasteiger partial charge in [-0.1, -0.05) is 73.7 Å². The molecule has 0 aliphatic carbocycles. The van der Waals surface area contributed by atoms with Crippen LogP contribution in [0.2, 0.25) is 0 Å². The summed E-state index contributed by atoms with van der Waals surface area (Å²) in [5, 5.41) is 9.89. The van der Waals surface area contributed by atoms with Crippen LogP contribution in [0.3, 0.4) is 0 Å². The van der Waals surface area contributed by atoms with E-state index in [1.165, 1.54) is 11.1 Å². The first kappa shape index (κ1) is 26.3. The van der Waals surface area contributed by atoms with Gasteiger partial charge in [0.1, 0.15) is 0 Å². The monoisotopic (exact) mass is 475 g/mol. The van der Waals surface area contributed by atoms with Gasteiger partial charge in [-0.15, -0.1) is 0 Å². The fourth-order valence-electron chi connectivity index (χ4n) is 4.81. The zero-order valence-electron chi connectivity index (χ0n) is 21.2. The molecule has 0 radical (unpaired) electrons. The number of ether oxygens (including phenoxy) is 2. The number of benzene rings is 3. The summed E-state index contributed by atoms with van der Waals surface area (Å²) in [6.07, 6.45) is 1.70. The van der Waals surface area contributed by atoms with Gasteiger partial charge in [-0.2, -0.15) is 0 Å². The molecule has 5 nitrogen and oxygen atoms in total. The van der Waals surface area contributed by atoms with Crippen LogP contribution in [0.4, 0.5) is 0 Å². The second kappa shape index (κ2) is 13.0. The average Bonchev–Trinajstić information content (AvgIpc) is 2.89. The topological polar surface area (TPSA) is 59.0 Å². The standard InChI is InChI=1S/C30H37NO4/c1-5-24(26-16-17-28(34-3)29(19-26)35-4)18-27(20-30(32)33)31(21-23-12-8-6-9-13-23)22(2)25-14-10-7-11-15-25/h6-17,19,22,24,27H,5,18,20-21H2,1-4H3,(H,32,33). The van der Waals surface area contributed by atoms with E-state index >= 15 is 0 Å². The molecule has 35 heavy (non-hydrogen) atoms. The Labute approximate surface area is 209 Å². The summed E-state index contributed by atoms with van der Waals surface area (Å²) in [5.74, 6) is 0.782. The van der Waals surface area contributed by atoms with Crippen LogP contribution >= 0.6 is 0 Å². The third-order valence-electron chi connectivity index (χ3n) is 6.80. The third kappa shape index (κ3) is 7.09. The molecule has 0 aliphatic heterocycles. The van der Waals surface area contributed by atoms with E-state index in [1.54, 1.807) is 14.2 Å². The van der Waals surface area contributed by atoms with Gasteiger partial charge in [0, 0.05) is 18.6 Å². The van der Waals surface area contributed by atoms with E-state index in [9.17, 15) is 9.90 Å². The summed E-state index contributed by atoms with van der Waals surface area (Å²) in [6.45, 7) is 5.00. The van der Waals surface area contributed by atoms with Crippen molar-refractivity contribution in [2.24, 2.45) is 0 Å². The lowest BCUT2D eigenvalue weighted by Gasteiger charge is -2.38. The number of carbonyl (C=O) groups is 1. The van der Waals surface area contributed by atoms with Crippen molar-refractivity contribution < 1.29 is 19.4 Å². The zero-order valence-corrected chi connectivity index (χ0v) is 21.2. The van der Waals surface area contributed by atoms with Crippen molar-refractivity contribution in [1.82, 2.24) is 4.90 Å². The number of hydrogen-bond acceptors (Lipinski definition) is 4. The maximum Gasteiger partial charge on any atom is 0.304 e. The van der Waals surface area contributed by atoms with Gasteiger partial charge in [0.2, 0.25) is 0 Å². The van der Waals surface area contributed by atoms with E-state index in [-0.39, 0.29) is 24.4 Å².